The SMILES string of the molecule is CCCCCCCCN(CC)c1ccc(N=Nc2nc3ccc(Cl)cc3s2)c(C)c1. The van der Waals surface area contributed by atoms with Crippen LogP contribution in [0.15, 0.2) is 46.6 Å². The molecule has 2 aromatic carbocycles. The Morgan fingerprint density at radius 2 is 1.77 bits per heavy atom. The van der Waals surface area contributed by atoms with Crippen LogP contribution in [0.25, 0.3) is 10.2 Å². The predicted octanol–water partition coefficient (Wildman–Crippen LogP) is 8.86. The van der Waals surface area contributed by atoms with E-state index in [9.17, 15) is 0 Å². The van der Waals surface area contributed by atoms with Gasteiger partial charge in [0.05, 0.1) is 15.9 Å². The van der Waals surface area contributed by atoms with Crippen molar-refractivity contribution in [2.75, 3.05) is 18.0 Å². The topological polar surface area (TPSA) is 40.9 Å². The molecule has 0 unspecified atom stereocenters. The van der Waals surface area contributed by atoms with Crippen LogP contribution in [-0.2, 0) is 0 Å². The lowest BCUT2D eigenvalue weighted by Gasteiger charge is -2.23. The summed E-state index contributed by atoms with van der Waals surface area (Å²) in [5, 5.41) is 10.2. The molecule has 1 aromatic heterocycles. The first kappa shape index (κ1) is 22.7. The number of anilines is 1. The summed E-state index contributed by atoms with van der Waals surface area (Å²) in [6.45, 7) is 8.70. The summed E-state index contributed by atoms with van der Waals surface area (Å²) in [6.07, 6.45) is 7.94. The molecule has 0 aliphatic rings. The molecule has 0 spiro atoms. The van der Waals surface area contributed by atoms with Gasteiger partial charge in [0.1, 0.15) is 0 Å². The number of aryl methyl sites for hydroxylation is 1. The molecule has 0 fully saturated rings. The maximum absolute atomic E-state index is 6.05. The van der Waals surface area contributed by atoms with Gasteiger partial charge in [-0.3, -0.25) is 0 Å². The van der Waals surface area contributed by atoms with Gasteiger partial charge in [-0.15, -0.1) is 10.2 Å². The number of hydrogen-bond acceptors (Lipinski definition) is 5. The van der Waals surface area contributed by atoms with Crippen LogP contribution in [0.3, 0.4) is 0 Å². The zero-order valence-electron chi connectivity index (χ0n) is 18.2. The van der Waals surface area contributed by atoms with E-state index < -0.39 is 0 Å². The summed E-state index contributed by atoms with van der Waals surface area (Å²) in [5.74, 6) is 0. The van der Waals surface area contributed by atoms with Gasteiger partial charge >= 0.3 is 0 Å². The number of unbranched alkanes of at least 4 members (excludes halogenated alkanes) is 5. The molecule has 0 bridgehead atoms. The third-order valence-corrected chi connectivity index (χ3v) is 6.43. The van der Waals surface area contributed by atoms with Crippen LogP contribution in [0.1, 0.15) is 57.9 Å². The van der Waals surface area contributed by atoms with Crippen molar-refractivity contribution in [2.24, 2.45) is 10.2 Å². The summed E-state index contributed by atoms with van der Waals surface area (Å²) in [7, 11) is 0. The fourth-order valence-electron chi connectivity index (χ4n) is 3.53. The van der Waals surface area contributed by atoms with Gasteiger partial charge in [-0.05, 0) is 62.2 Å². The number of benzene rings is 2. The molecule has 3 aromatic rings. The Labute approximate surface area is 189 Å². The minimum absolute atomic E-state index is 0.647. The monoisotopic (exact) mass is 442 g/mol. The van der Waals surface area contributed by atoms with Crippen molar-refractivity contribution >= 4 is 49.7 Å². The van der Waals surface area contributed by atoms with E-state index in [1.54, 1.807) is 0 Å². The second-order valence-electron chi connectivity index (χ2n) is 7.63. The minimum atomic E-state index is 0.647. The largest absolute Gasteiger partial charge is 0.372 e. The fraction of sp³-hybridized carbons (Fsp3) is 0.458. The zero-order valence-corrected chi connectivity index (χ0v) is 19.8. The standard InChI is InChI=1S/C24H31ClN4S/c1-4-6-7-8-9-10-15-29(5-2)20-12-14-21(18(3)16-20)27-28-24-26-22-13-11-19(25)17-23(22)30-24/h11-14,16-17H,4-10,15H2,1-3H3. The first-order chi connectivity index (χ1) is 14.6. The lowest BCUT2D eigenvalue weighted by Crippen LogP contribution is -2.23. The molecule has 0 N–H and O–H groups in total. The van der Waals surface area contributed by atoms with Gasteiger partial charge in [-0.2, -0.15) is 0 Å². The Bertz CT molecular complexity index is 982. The highest BCUT2D eigenvalue weighted by atomic mass is 35.5. The highest BCUT2D eigenvalue weighted by Gasteiger charge is 2.08. The van der Waals surface area contributed by atoms with E-state index in [4.69, 9.17) is 11.6 Å². The summed E-state index contributed by atoms with van der Waals surface area (Å²) in [6, 6.07) is 12.1. The Balaban J connectivity index is 1.62. The lowest BCUT2D eigenvalue weighted by molar-refractivity contribution is 0.601. The molecule has 0 amide bonds. The number of thiazole rings is 1. The predicted molar refractivity (Wildman–Crippen MR) is 131 cm³/mol. The smallest absolute Gasteiger partial charge is 0.231 e. The maximum atomic E-state index is 6.05. The first-order valence-electron chi connectivity index (χ1n) is 10.9. The quantitative estimate of drug-likeness (QED) is 0.219. The van der Waals surface area contributed by atoms with Crippen molar-refractivity contribution in [2.45, 2.75) is 59.3 Å². The fourth-order valence-corrected chi connectivity index (χ4v) is 4.59. The van der Waals surface area contributed by atoms with E-state index in [-0.39, 0.29) is 0 Å². The highest BCUT2D eigenvalue weighted by Crippen LogP contribution is 2.32. The third kappa shape index (κ3) is 6.26. The number of halogens is 1. The number of azo groups is 1. The molecule has 1 heterocycles. The first-order valence-corrected chi connectivity index (χ1v) is 12.1. The molecular formula is C24H31ClN4S. The summed E-state index contributed by atoms with van der Waals surface area (Å²) in [4.78, 5) is 6.96. The van der Waals surface area contributed by atoms with Crippen LogP contribution in [-0.4, -0.2) is 18.1 Å². The van der Waals surface area contributed by atoms with Crippen molar-refractivity contribution in [3.8, 4) is 0 Å². The van der Waals surface area contributed by atoms with Crippen molar-refractivity contribution in [3.63, 3.8) is 0 Å². The van der Waals surface area contributed by atoms with E-state index in [0.29, 0.717) is 10.2 Å². The molecule has 0 atom stereocenters. The van der Waals surface area contributed by atoms with E-state index in [1.165, 1.54) is 55.5 Å². The minimum Gasteiger partial charge on any atom is -0.372 e. The van der Waals surface area contributed by atoms with Gasteiger partial charge in [0, 0.05) is 23.8 Å². The van der Waals surface area contributed by atoms with Gasteiger partial charge in [0.25, 0.3) is 0 Å². The molecule has 0 radical (unpaired) electrons. The van der Waals surface area contributed by atoms with Crippen molar-refractivity contribution in [1.29, 1.82) is 0 Å². The average molecular weight is 443 g/mol. The highest BCUT2D eigenvalue weighted by molar-refractivity contribution is 7.21. The Morgan fingerprint density at radius 3 is 2.53 bits per heavy atom. The molecule has 3 rings (SSSR count). The van der Waals surface area contributed by atoms with Crippen LogP contribution < -0.4 is 4.90 Å². The molecule has 0 saturated carbocycles. The normalized spacial score (nSPS) is 11.6. The van der Waals surface area contributed by atoms with Gasteiger partial charge in [-0.1, -0.05) is 62.0 Å². The molecule has 0 aliphatic carbocycles. The molecule has 0 aliphatic heterocycles. The van der Waals surface area contributed by atoms with Gasteiger partial charge < -0.3 is 4.90 Å². The third-order valence-electron chi connectivity index (χ3n) is 5.29. The molecule has 4 nitrogen and oxygen atoms in total. The van der Waals surface area contributed by atoms with Crippen molar-refractivity contribution in [3.05, 3.63) is 47.0 Å². The van der Waals surface area contributed by atoms with Crippen LogP contribution in [0.2, 0.25) is 5.02 Å². The van der Waals surface area contributed by atoms with Crippen LogP contribution >= 0.6 is 22.9 Å². The summed E-state index contributed by atoms with van der Waals surface area (Å²) >= 11 is 7.55. The van der Waals surface area contributed by atoms with Crippen molar-refractivity contribution < 1.29 is 0 Å². The van der Waals surface area contributed by atoms with E-state index in [0.717, 1.165) is 34.6 Å². The number of hydrogen-bond donors (Lipinski definition) is 0. The number of fused-ring (bicyclic) bond motifs is 1. The average Bonchev–Trinajstić information content (AvgIpc) is 3.14. The van der Waals surface area contributed by atoms with E-state index >= 15 is 0 Å². The molecular weight excluding hydrogens is 412 g/mol. The zero-order chi connectivity index (χ0) is 21.3. The number of rotatable bonds is 11. The molecule has 160 valence electrons. The van der Waals surface area contributed by atoms with Gasteiger partial charge in [0.2, 0.25) is 5.13 Å². The van der Waals surface area contributed by atoms with Crippen LogP contribution in [0.5, 0.6) is 0 Å². The Morgan fingerprint density at radius 1 is 0.967 bits per heavy atom. The summed E-state index contributed by atoms with van der Waals surface area (Å²) < 4.78 is 1.02. The van der Waals surface area contributed by atoms with Crippen LogP contribution in [0.4, 0.5) is 16.5 Å². The molecule has 0 saturated heterocycles. The Hall–Kier alpha value is -1.98. The van der Waals surface area contributed by atoms with Crippen molar-refractivity contribution in [1.82, 2.24) is 4.98 Å². The molecule has 30 heavy (non-hydrogen) atoms. The van der Waals surface area contributed by atoms with E-state index in [2.05, 4.69) is 59.1 Å². The maximum Gasteiger partial charge on any atom is 0.231 e. The Kier molecular flexibility index (Phi) is 8.64. The van der Waals surface area contributed by atoms with E-state index in [1.807, 2.05) is 18.2 Å². The number of aromatic nitrogens is 1. The second kappa shape index (κ2) is 11.4. The van der Waals surface area contributed by atoms with Gasteiger partial charge in [-0.25, -0.2) is 4.98 Å². The summed E-state index contributed by atoms with van der Waals surface area (Å²) in [5.41, 5.74) is 4.17. The second-order valence-corrected chi connectivity index (χ2v) is 9.07. The van der Waals surface area contributed by atoms with Crippen LogP contribution in [0, 0.1) is 6.92 Å². The lowest BCUT2D eigenvalue weighted by atomic mass is 10.1. The van der Waals surface area contributed by atoms with Gasteiger partial charge in [0.15, 0.2) is 0 Å². The molecule has 6 heteroatoms. The number of nitrogens with zero attached hydrogens (tertiary/aromatic N) is 4.